The van der Waals surface area contributed by atoms with Gasteiger partial charge < -0.3 is 19.5 Å². The van der Waals surface area contributed by atoms with Crippen LogP contribution in [0.15, 0.2) is 41.1 Å². The number of rotatable bonds is 3. The number of aryl methyl sites for hydroxylation is 1. The number of fused-ring (bicyclic) bond motifs is 1. The van der Waals surface area contributed by atoms with E-state index in [4.69, 9.17) is 9.26 Å². The summed E-state index contributed by atoms with van der Waals surface area (Å²) in [7, 11) is 1.65. The third-order valence-corrected chi connectivity index (χ3v) is 4.76. The molecule has 1 N–H and O–H groups in total. The highest BCUT2D eigenvalue weighted by Gasteiger charge is 2.30. The van der Waals surface area contributed by atoms with Crippen LogP contribution >= 0.6 is 12.4 Å². The van der Waals surface area contributed by atoms with Crippen molar-refractivity contribution in [3.05, 3.63) is 53.3 Å². The highest BCUT2D eigenvalue weighted by atomic mass is 35.5. The van der Waals surface area contributed by atoms with E-state index >= 15 is 0 Å². The number of ether oxygens (including phenoxy) is 1. The van der Waals surface area contributed by atoms with Crippen molar-refractivity contribution < 1.29 is 14.1 Å². The van der Waals surface area contributed by atoms with Gasteiger partial charge >= 0.3 is 0 Å². The summed E-state index contributed by atoms with van der Waals surface area (Å²) >= 11 is 0. The molecule has 7 nitrogen and oxygen atoms in total. The molecule has 1 amide bonds. The molecule has 1 unspecified atom stereocenters. The van der Waals surface area contributed by atoms with E-state index < -0.39 is 0 Å². The van der Waals surface area contributed by atoms with Crippen molar-refractivity contribution in [3.8, 4) is 5.75 Å². The zero-order valence-corrected chi connectivity index (χ0v) is 16.0. The Morgan fingerprint density at radius 1 is 1.37 bits per heavy atom. The smallest absolute Gasteiger partial charge is 0.257 e. The molecule has 2 aromatic heterocycles. The molecule has 1 saturated heterocycles. The number of benzene rings is 1. The molecule has 0 aliphatic carbocycles. The lowest BCUT2D eigenvalue weighted by Crippen LogP contribution is -2.48. The van der Waals surface area contributed by atoms with E-state index in [0.29, 0.717) is 24.4 Å². The first-order chi connectivity index (χ1) is 12.7. The van der Waals surface area contributed by atoms with Crippen LogP contribution in [0.4, 0.5) is 0 Å². The Morgan fingerprint density at radius 2 is 2.19 bits per heavy atom. The average Bonchev–Trinajstić information content (AvgIpc) is 3.07. The van der Waals surface area contributed by atoms with E-state index in [0.717, 1.165) is 28.9 Å². The van der Waals surface area contributed by atoms with Gasteiger partial charge in [-0.3, -0.25) is 4.79 Å². The number of nitrogens with zero attached hydrogens (tertiary/aromatic N) is 3. The number of methoxy groups -OCH3 is 1. The average molecular weight is 389 g/mol. The second-order valence-electron chi connectivity index (χ2n) is 6.31. The first-order valence-electron chi connectivity index (χ1n) is 8.55. The second kappa shape index (κ2) is 7.94. The Bertz CT molecular complexity index is 959. The molecular formula is C19H21ClN4O3. The largest absolute Gasteiger partial charge is 0.496 e. The van der Waals surface area contributed by atoms with E-state index in [-0.39, 0.29) is 24.4 Å². The van der Waals surface area contributed by atoms with Crippen LogP contribution in [-0.4, -0.2) is 47.7 Å². The van der Waals surface area contributed by atoms with E-state index in [2.05, 4.69) is 15.5 Å². The topological polar surface area (TPSA) is 80.5 Å². The van der Waals surface area contributed by atoms with Crippen LogP contribution in [0.5, 0.6) is 5.75 Å². The van der Waals surface area contributed by atoms with Crippen molar-refractivity contribution >= 4 is 29.4 Å². The summed E-state index contributed by atoms with van der Waals surface area (Å²) in [6, 6.07) is 9.51. The maximum Gasteiger partial charge on any atom is 0.257 e. The van der Waals surface area contributed by atoms with Crippen molar-refractivity contribution in [1.29, 1.82) is 0 Å². The molecule has 8 heteroatoms. The second-order valence-corrected chi connectivity index (χ2v) is 6.31. The predicted octanol–water partition coefficient (Wildman–Crippen LogP) is 2.75. The fourth-order valence-electron chi connectivity index (χ4n) is 3.39. The Labute approximate surface area is 163 Å². The minimum atomic E-state index is -0.105. The molecule has 1 aliphatic rings. The van der Waals surface area contributed by atoms with Gasteiger partial charge in [0, 0.05) is 31.4 Å². The molecule has 3 aromatic rings. The van der Waals surface area contributed by atoms with Crippen molar-refractivity contribution in [1.82, 2.24) is 20.4 Å². The van der Waals surface area contributed by atoms with Crippen molar-refractivity contribution in [2.75, 3.05) is 26.7 Å². The van der Waals surface area contributed by atoms with Crippen LogP contribution in [0.2, 0.25) is 0 Å². The van der Waals surface area contributed by atoms with Gasteiger partial charge in [0.25, 0.3) is 11.6 Å². The Kier molecular flexibility index (Phi) is 5.62. The summed E-state index contributed by atoms with van der Waals surface area (Å²) in [5.74, 6) is 0.722. The van der Waals surface area contributed by atoms with Gasteiger partial charge in [0.2, 0.25) is 0 Å². The molecule has 0 radical (unpaired) electrons. The number of piperazine rings is 1. The molecule has 1 atom stereocenters. The van der Waals surface area contributed by atoms with Gasteiger partial charge in [0.1, 0.15) is 5.75 Å². The number of amides is 1. The molecule has 1 aliphatic heterocycles. The van der Waals surface area contributed by atoms with E-state index in [9.17, 15) is 4.79 Å². The maximum atomic E-state index is 13.2. The summed E-state index contributed by atoms with van der Waals surface area (Å²) in [4.78, 5) is 19.3. The summed E-state index contributed by atoms with van der Waals surface area (Å²) in [5, 5.41) is 8.03. The number of carbonyl (C=O) groups excluding carboxylic acids is 1. The number of pyridine rings is 1. The fourth-order valence-corrected chi connectivity index (χ4v) is 3.39. The summed E-state index contributed by atoms with van der Waals surface area (Å²) in [5.41, 5.74) is 2.70. The maximum absolute atomic E-state index is 13.2. The highest BCUT2D eigenvalue weighted by Crippen LogP contribution is 2.31. The quantitative estimate of drug-likeness (QED) is 0.743. The van der Waals surface area contributed by atoms with E-state index in [1.807, 2.05) is 36.1 Å². The molecule has 27 heavy (non-hydrogen) atoms. The summed E-state index contributed by atoms with van der Waals surface area (Å²) in [6.45, 7) is 3.87. The SMILES string of the molecule is COc1ccccc1C1CNCCN1C(=O)c1cnc2onc(C)c2c1.Cl. The van der Waals surface area contributed by atoms with Gasteiger partial charge in [-0.15, -0.1) is 12.4 Å². The van der Waals surface area contributed by atoms with Crippen LogP contribution in [0.3, 0.4) is 0 Å². The van der Waals surface area contributed by atoms with Gasteiger partial charge in [-0.05, 0) is 19.1 Å². The summed E-state index contributed by atoms with van der Waals surface area (Å²) in [6.07, 6.45) is 1.55. The lowest BCUT2D eigenvalue weighted by molar-refractivity contribution is 0.0631. The first-order valence-corrected chi connectivity index (χ1v) is 8.55. The summed E-state index contributed by atoms with van der Waals surface area (Å²) < 4.78 is 10.6. The first kappa shape index (κ1) is 19.1. The predicted molar refractivity (Wildman–Crippen MR) is 103 cm³/mol. The molecule has 0 bridgehead atoms. The Hall–Kier alpha value is -2.64. The zero-order chi connectivity index (χ0) is 18.1. The third-order valence-electron chi connectivity index (χ3n) is 4.76. The number of nitrogens with one attached hydrogen (secondary N) is 1. The molecule has 4 rings (SSSR count). The molecule has 0 spiro atoms. The van der Waals surface area contributed by atoms with Gasteiger partial charge in [-0.2, -0.15) is 0 Å². The van der Waals surface area contributed by atoms with Gasteiger partial charge in [0.05, 0.1) is 29.8 Å². The Balaban J connectivity index is 0.00000210. The van der Waals surface area contributed by atoms with Gasteiger partial charge in [-0.1, -0.05) is 23.4 Å². The van der Waals surface area contributed by atoms with Crippen LogP contribution < -0.4 is 10.1 Å². The van der Waals surface area contributed by atoms with E-state index in [1.165, 1.54) is 0 Å². The zero-order valence-electron chi connectivity index (χ0n) is 15.1. The minimum absolute atomic E-state index is 0. The van der Waals surface area contributed by atoms with Crippen LogP contribution in [0, 0.1) is 6.92 Å². The number of halogens is 1. The Morgan fingerprint density at radius 3 is 3.00 bits per heavy atom. The molecular weight excluding hydrogens is 368 g/mol. The van der Waals surface area contributed by atoms with Crippen LogP contribution in [0.1, 0.15) is 27.7 Å². The monoisotopic (exact) mass is 388 g/mol. The fraction of sp³-hybridized carbons (Fsp3) is 0.316. The van der Waals surface area contributed by atoms with Gasteiger partial charge in [-0.25, -0.2) is 4.98 Å². The molecule has 1 fully saturated rings. The standard InChI is InChI=1S/C19H20N4O3.ClH/c1-12-15-9-13(10-21-18(15)26-22-12)19(24)23-8-7-20-11-16(23)14-5-3-4-6-17(14)25-2;/h3-6,9-10,16,20H,7-8,11H2,1-2H3;1H. The number of aromatic nitrogens is 2. The van der Waals surface area contributed by atoms with Crippen LogP contribution in [-0.2, 0) is 0 Å². The molecule has 3 heterocycles. The third kappa shape index (κ3) is 3.48. The lowest BCUT2D eigenvalue weighted by Gasteiger charge is -2.37. The lowest BCUT2D eigenvalue weighted by atomic mass is 10.0. The molecule has 0 saturated carbocycles. The minimum Gasteiger partial charge on any atom is -0.496 e. The molecule has 1 aromatic carbocycles. The number of hydrogen-bond acceptors (Lipinski definition) is 6. The van der Waals surface area contributed by atoms with Crippen molar-refractivity contribution in [3.63, 3.8) is 0 Å². The molecule has 142 valence electrons. The number of para-hydroxylation sites is 1. The highest BCUT2D eigenvalue weighted by molar-refractivity contribution is 5.97. The van der Waals surface area contributed by atoms with Crippen molar-refractivity contribution in [2.24, 2.45) is 0 Å². The van der Waals surface area contributed by atoms with E-state index in [1.54, 1.807) is 19.4 Å². The van der Waals surface area contributed by atoms with Crippen LogP contribution in [0.25, 0.3) is 11.1 Å². The number of carbonyl (C=O) groups is 1. The van der Waals surface area contributed by atoms with Crippen molar-refractivity contribution in [2.45, 2.75) is 13.0 Å². The normalized spacial score (nSPS) is 16.8. The van der Waals surface area contributed by atoms with Gasteiger partial charge in [0.15, 0.2) is 0 Å². The number of hydrogen-bond donors (Lipinski definition) is 1.